The fourth-order valence-corrected chi connectivity index (χ4v) is 4.26. The number of aromatic nitrogens is 5. The van der Waals surface area contributed by atoms with E-state index in [0.29, 0.717) is 17.0 Å². The molecule has 1 amide bonds. The molecule has 0 saturated heterocycles. The summed E-state index contributed by atoms with van der Waals surface area (Å²) >= 11 is 0. The van der Waals surface area contributed by atoms with Gasteiger partial charge in [-0.25, -0.2) is 18.3 Å². The van der Waals surface area contributed by atoms with Crippen LogP contribution in [-0.2, 0) is 10.0 Å². The summed E-state index contributed by atoms with van der Waals surface area (Å²) in [6, 6.07) is 5.12. The lowest BCUT2D eigenvalue weighted by Crippen LogP contribution is -2.30. The standard InChI is InChI=1S/C19H17F3N8O3S/c1-23-15-14-16(29(9-24-14)18(31)26-11-2-3-11)28-17(27-15)25-12-4-5-13-10(8-12)6-7-30(13)34(32,33)19(20,21)22/h4-9,11H,2-3H2,1H3,(H,26,31)(H2,23,25,27,28). The number of nitrogens with zero attached hydrogens (tertiary/aromatic N) is 5. The Kier molecular flexibility index (Phi) is 4.89. The Balaban J connectivity index is 1.50. The highest BCUT2D eigenvalue weighted by atomic mass is 32.2. The van der Waals surface area contributed by atoms with Crippen LogP contribution in [0, 0.1) is 0 Å². The van der Waals surface area contributed by atoms with Gasteiger partial charge >= 0.3 is 21.6 Å². The molecule has 1 aromatic carbocycles. The van der Waals surface area contributed by atoms with Crippen LogP contribution >= 0.6 is 0 Å². The maximum atomic E-state index is 12.9. The van der Waals surface area contributed by atoms with Gasteiger partial charge < -0.3 is 16.0 Å². The maximum Gasteiger partial charge on any atom is 0.517 e. The topological polar surface area (TPSA) is 136 Å². The van der Waals surface area contributed by atoms with Gasteiger partial charge in [0.25, 0.3) is 0 Å². The molecule has 5 rings (SSSR count). The second kappa shape index (κ2) is 7.58. The van der Waals surface area contributed by atoms with E-state index in [1.807, 2.05) is 0 Å². The number of hydrogen-bond acceptors (Lipinski definition) is 8. The van der Waals surface area contributed by atoms with E-state index >= 15 is 0 Å². The van der Waals surface area contributed by atoms with Crippen LogP contribution in [0.15, 0.2) is 36.8 Å². The van der Waals surface area contributed by atoms with E-state index in [0.717, 1.165) is 19.0 Å². The van der Waals surface area contributed by atoms with E-state index in [9.17, 15) is 26.4 Å². The number of rotatable bonds is 5. The molecule has 1 saturated carbocycles. The zero-order chi connectivity index (χ0) is 24.3. The number of amides is 1. The van der Waals surface area contributed by atoms with Crippen LogP contribution in [0.2, 0.25) is 0 Å². The van der Waals surface area contributed by atoms with E-state index in [1.165, 1.54) is 35.2 Å². The first kappa shape index (κ1) is 21.9. The number of halogens is 3. The normalized spacial score (nSPS) is 14.5. The molecule has 0 unspecified atom stereocenters. The number of anilines is 3. The summed E-state index contributed by atoms with van der Waals surface area (Å²) in [6.07, 6.45) is 4.01. The van der Waals surface area contributed by atoms with Gasteiger partial charge in [0.15, 0.2) is 17.0 Å². The Morgan fingerprint density at radius 1 is 1.18 bits per heavy atom. The largest absolute Gasteiger partial charge is 0.517 e. The molecular formula is C19H17F3N8O3S. The fourth-order valence-electron chi connectivity index (χ4n) is 3.40. The van der Waals surface area contributed by atoms with Crippen molar-refractivity contribution in [2.24, 2.45) is 0 Å². The number of nitrogens with one attached hydrogen (secondary N) is 3. The minimum absolute atomic E-state index is 0.0968. The van der Waals surface area contributed by atoms with Gasteiger partial charge in [-0.05, 0) is 37.1 Å². The van der Waals surface area contributed by atoms with Crippen LogP contribution in [0.3, 0.4) is 0 Å². The minimum Gasteiger partial charge on any atom is -0.371 e. The molecule has 3 heterocycles. The summed E-state index contributed by atoms with van der Waals surface area (Å²) in [4.78, 5) is 25.4. The van der Waals surface area contributed by atoms with Crippen LogP contribution in [0.5, 0.6) is 0 Å². The highest BCUT2D eigenvalue weighted by Gasteiger charge is 2.47. The number of carbonyl (C=O) groups excluding carboxylic acids is 1. The third-order valence-electron chi connectivity index (χ3n) is 5.22. The number of carbonyl (C=O) groups is 1. The first-order valence-electron chi connectivity index (χ1n) is 10.0. The van der Waals surface area contributed by atoms with Crippen molar-refractivity contribution in [1.29, 1.82) is 0 Å². The summed E-state index contributed by atoms with van der Waals surface area (Å²) < 4.78 is 63.9. The van der Waals surface area contributed by atoms with Crippen LogP contribution in [0.4, 0.5) is 35.4 Å². The van der Waals surface area contributed by atoms with Gasteiger partial charge in [-0.15, -0.1) is 0 Å². The number of alkyl halides is 3. The van der Waals surface area contributed by atoms with E-state index in [2.05, 4.69) is 30.9 Å². The lowest BCUT2D eigenvalue weighted by atomic mass is 10.2. The Morgan fingerprint density at radius 3 is 2.62 bits per heavy atom. The molecule has 3 N–H and O–H groups in total. The molecule has 0 bridgehead atoms. The van der Waals surface area contributed by atoms with Crippen molar-refractivity contribution in [1.82, 2.24) is 28.8 Å². The fraction of sp³-hybridized carbons (Fsp3) is 0.263. The summed E-state index contributed by atoms with van der Waals surface area (Å²) in [5.41, 5.74) is -4.54. The molecule has 1 aliphatic rings. The molecular weight excluding hydrogens is 477 g/mol. The van der Waals surface area contributed by atoms with Crippen molar-refractivity contribution in [3.63, 3.8) is 0 Å². The van der Waals surface area contributed by atoms with Gasteiger partial charge in [0.1, 0.15) is 6.33 Å². The number of benzene rings is 1. The molecule has 15 heteroatoms. The molecule has 11 nitrogen and oxygen atoms in total. The zero-order valence-electron chi connectivity index (χ0n) is 17.5. The van der Waals surface area contributed by atoms with Gasteiger partial charge in [-0.1, -0.05) is 0 Å². The molecule has 1 fully saturated rings. The Bertz CT molecular complexity index is 1540. The summed E-state index contributed by atoms with van der Waals surface area (Å²) in [7, 11) is -3.93. The van der Waals surface area contributed by atoms with E-state index < -0.39 is 15.5 Å². The van der Waals surface area contributed by atoms with Gasteiger partial charge in [-0.2, -0.15) is 31.6 Å². The first-order chi connectivity index (χ1) is 16.1. The second-order valence-corrected chi connectivity index (χ2v) is 9.42. The van der Waals surface area contributed by atoms with E-state index in [-0.39, 0.29) is 38.5 Å². The highest BCUT2D eigenvalue weighted by Crippen LogP contribution is 2.31. The third-order valence-corrected chi connectivity index (χ3v) is 6.64. The lowest BCUT2D eigenvalue weighted by molar-refractivity contribution is -0.0445. The molecule has 4 aromatic rings. The van der Waals surface area contributed by atoms with Crippen LogP contribution in [0.25, 0.3) is 22.1 Å². The van der Waals surface area contributed by atoms with E-state index in [4.69, 9.17) is 0 Å². The molecule has 34 heavy (non-hydrogen) atoms. The van der Waals surface area contributed by atoms with E-state index in [1.54, 1.807) is 7.05 Å². The highest BCUT2D eigenvalue weighted by molar-refractivity contribution is 7.90. The Hall–Kier alpha value is -3.88. The summed E-state index contributed by atoms with van der Waals surface area (Å²) in [6.45, 7) is 0. The first-order valence-corrected chi connectivity index (χ1v) is 11.5. The van der Waals surface area contributed by atoms with Crippen molar-refractivity contribution in [2.45, 2.75) is 24.4 Å². The second-order valence-electron chi connectivity index (χ2n) is 7.62. The Morgan fingerprint density at radius 2 is 1.94 bits per heavy atom. The van der Waals surface area contributed by atoms with Crippen LogP contribution in [-0.4, -0.2) is 56.5 Å². The van der Waals surface area contributed by atoms with Crippen LogP contribution < -0.4 is 16.0 Å². The van der Waals surface area contributed by atoms with Crippen molar-refractivity contribution < 1.29 is 26.4 Å². The van der Waals surface area contributed by atoms with Crippen molar-refractivity contribution in [3.05, 3.63) is 36.8 Å². The summed E-state index contributed by atoms with van der Waals surface area (Å²) in [5, 5.41) is 8.93. The van der Waals surface area contributed by atoms with Crippen molar-refractivity contribution in [3.8, 4) is 0 Å². The van der Waals surface area contributed by atoms with Crippen molar-refractivity contribution in [2.75, 3.05) is 17.7 Å². The number of hydrogen-bond donors (Lipinski definition) is 3. The SMILES string of the molecule is CNc1nc(Nc2ccc3c(ccn3S(=O)(=O)C(F)(F)F)c2)nc2c1ncn2C(=O)NC1CC1. The molecule has 0 aliphatic heterocycles. The average Bonchev–Trinajstić information content (AvgIpc) is 3.31. The molecule has 0 atom stereocenters. The molecule has 178 valence electrons. The average molecular weight is 494 g/mol. The predicted octanol–water partition coefficient (Wildman–Crippen LogP) is 2.98. The maximum absolute atomic E-state index is 12.9. The lowest BCUT2D eigenvalue weighted by Gasteiger charge is -2.11. The Labute approximate surface area is 190 Å². The van der Waals surface area contributed by atoms with Gasteiger partial charge in [0, 0.05) is 30.4 Å². The molecule has 0 radical (unpaired) electrons. The van der Waals surface area contributed by atoms with Crippen molar-refractivity contribution >= 4 is 55.6 Å². The molecule has 3 aromatic heterocycles. The number of fused-ring (bicyclic) bond motifs is 2. The minimum atomic E-state index is -5.56. The van der Waals surface area contributed by atoms with Gasteiger partial charge in [0.2, 0.25) is 5.95 Å². The van der Waals surface area contributed by atoms with Gasteiger partial charge in [-0.3, -0.25) is 0 Å². The third kappa shape index (κ3) is 3.67. The predicted molar refractivity (Wildman–Crippen MR) is 117 cm³/mol. The molecule has 1 aliphatic carbocycles. The quantitative estimate of drug-likeness (QED) is 0.385. The summed E-state index contributed by atoms with van der Waals surface area (Å²) in [5.74, 6) is 0.452. The monoisotopic (exact) mass is 494 g/mol. The van der Waals surface area contributed by atoms with Gasteiger partial charge in [0.05, 0.1) is 5.52 Å². The molecule has 0 spiro atoms. The number of imidazole rings is 1. The zero-order valence-corrected chi connectivity index (χ0v) is 18.3. The smallest absolute Gasteiger partial charge is 0.371 e. The van der Waals surface area contributed by atoms with Crippen LogP contribution in [0.1, 0.15) is 12.8 Å².